The fourth-order valence-corrected chi connectivity index (χ4v) is 1.83. The van der Waals surface area contributed by atoms with E-state index < -0.39 is 0 Å². The van der Waals surface area contributed by atoms with Crippen LogP contribution in [0.4, 0.5) is 0 Å². The molecule has 0 heterocycles. The molecule has 0 fully saturated rings. The zero-order chi connectivity index (χ0) is 14.1. The number of rotatable bonds is 8. The highest BCUT2D eigenvalue weighted by atomic mass is 35.5. The predicted octanol–water partition coefficient (Wildman–Crippen LogP) is 3.09. The molecule has 1 aromatic rings. The fourth-order valence-electron chi connectivity index (χ4n) is 1.70. The molecule has 0 aromatic heterocycles. The molecule has 0 saturated carbocycles. The SMILES string of the molecule is Cc1ccc(C(=O)NCCCCCC(=O)CCl)cc1. The molecular formula is C15H20ClNO2. The van der Waals surface area contributed by atoms with Gasteiger partial charge in [-0.05, 0) is 31.9 Å². The van der Waals surface area contributed by atoms with E-state index in [2.05, 4.69) is 5.32 Å². The van der Waals surface area contributed by atoms with Crippen LogP contribution in [0.1, 0.15) is 41.6 Å². The molecule has 0 aliphatic heterocycles. The highest BCUT2D eigenvalue weighted by molar-refractivity contribution is 6.27. The summed E-state index contributed by atoms with van der Waals surface area (Å²) in [6.07, 6.45) is 3.19. The van der Waals surface area contributed by atoms with Gasteiger partial charge in [0.1, 0.15) is 5.78 Å². The molecule has 1 rings (SSSR count). The van der Waals surface area contributed by atoms with E-state index in [-0.39, 0.29) is 17.6 Å². The van der Waals surface area contributed by atoms with Gasteiger partial charge in [0.15, 0.2) is 0 Å². The summed E-state index contributed by atoms with van der Waals surface area (Å²) < 4.78 is 0. The van der Waals surface area contributed by atoms with Gasteiger partial charge in [0, 0.05) is 18.5 Å². The third-order valence-corrected chi connectivity index (χ3v) is 3.18. The maximum absolute atomic E-state index is 11.8. The number of Topliss-reactive ketones (excluding diaryl/α,β-unsaturated/α-hetero) is 1. The summed E-state index contributed by atoms with van der Waals surface area (Å²) in [7, 11) is 0. The number of carbonyl (C=O) groups is 2. The third kappa shape index (κ3) is 6.39. The van der Waals surface area contributed by atoms with E-state index in [9.17, 15) is 9.59 Å². The highest BCUT2D eigenvalue weighted by Gasteiger charge is 2.04. The van der Waals surface area contributed by atoms with Crippen molar-refractivity contribution in [2.75, 3.05) is 12.4 Å². The second-order valence-electron chi connectivity index (χ2n) is 4.60. The number of benzene rings is 1. The normalized spacial score (nSPS) is 10.2. The largest absolute Gasteiger partial charge is 0.352 e. The Morgan fingerprint density at radius 1 is 1.11 bits per heavy atom. The molecule has 104 valence electrons. The van der Waals surface area contributed by atoms with E-state index in [1.807, 2.05) is 31.2 Å². The van der Waals surface area contributed by atoms with Gasteiger partial charge in [0.05, 0.1) is 5.88 Å². The first kappa shape index (κ1) is 15.7. The number of halogens is 1. The molecule has 1 N–H and O–H groups in total. The summed E-state index contributed by atoms with van der Waals surface area (Å²) in [6, 6.07) is 7.49. The molecule has 4 heteroatoms. The van der Waals surface area contributed by atoms with Crippen LogP contribution in [0, 0.1) is 6.92 Å². The van der Waals surface area contributed by atoms with Gasteiger partial charge in [0.25, 0.3) is 5.91 Å². The van der Waals surface area contributed by atoms with E-state index in [0.717, 1.165) is 24.8 Å². The Balaban J connectivity index is 2.14. The minimum Gasteiger partial charge on any atom is -0.352 e. The molecule has 1 aromatic carbocycles. The van der Waals surface area contributed by atoms with Crippen molar-refractivity contribution in [2.45, 2.75) is 32.6 Å². The second-order valence-corrected chi connectivity index (χ2v) is 4.87. The van der Waals surface area contributed by atoms with Crippen LogP contribution in [0.15, 0.2) is 24.3 Å². The Labute approximate surface area is 119 Å². The molecule has 19 heavy (non-hydrogen) atoms. The number of aryl methyl sites for hydroxylation is 1. The van der Waals surface area contributed by atoms with E-state index in [4.69, 9.17) is 11.6 Å². The van der Waals surface area contributed by atoms with Crippen LogP contribution in [-0.2, 0) is 4.79 Å². The monoisotopic (exact) mass is 281 g/mol. The Bertz CT molecular complexity index is 415. The Morgan fingerprint density at radius 2 is 1.79 bits per heavy atom. The van der Waals surface area contributed by atoms with E-state index in [1.54, 1.807) is 0 Å². The molecule has 1 amide bonds. The maximum atomic E-state index is 11.8. The summed E-state index contributed by atoms with van der Waals surface area (Å²) >= 11 is 5.41. The van der Waals surface area contributed by atoms with Crippen LogP contribution in [-0.4, -0.2) is 24.1 Å². The van der Waals surface area contributed by atoms with Crippen molar-refractivity contribution in [2.24, 2.45) is 0 Å². The fraction of sp³-hybridized carbons (Fsp3) is 0.467. The minimum absolute atomic E-state index is 0.0446. The first-order valence-corrected chi connectivity index (χ1v) is 7.09. The smallest absolute Gasteiger partial charge is 0.251 e. The average molecular weight is 282 g/mol. The zero-order valence-electron chi connectivity index (χ0n) is 11.2. The van der Waals surface area contributed by atoms with Crippen LogP contribution >= 0.6 is 11.6 Å². The van der Waals surface area contributed by atoms with Gasteiger partial charge in [-0.25, -0.2) is 0 Å². The standard InChI is InChI=1S/C15H20ClNO2/c1-12-6-8-13(9-7-12)15(19)17-10-4-2-3-5-14(18)11-16/h6-9H,2-5,10-11H2,1H3,(H,17,19). The van der Waals surface area contributed by atoms with Gasteiger partial charge >= 0.3 is 0 Å². The third-order valence-electron chi connectivity index (χ3n) is 2.88. The molecule has 0 bridgehead atoms. The number of unbranched alkanes of at least 4 members (excludes halogenated alkanes) is 2. The molecule has 0 spiro atoms. The molecule has 0 unspecified atom stereocenters. The van der Waals surface area contributed by atoms with Gasteiger partial charge in [-0.3, -0.25) is 9.59 Å². The molecule has 3 nitrogen and oxygen atoms in total. The van der Waals surface area contributed by atoms with Crippen molar-refractivity contribution < 1.29 is 9.59 Å². The maximum Gasteiger partial charge on any atom is 0.251 e. The Morgan fingerprint density at radius 3 is 2.42 bits per heavy atom. The van der Waals surface area contributed by atoms with Gasteiger partial charge in [-0.1, -0.05) is 24.1 Å². The second kappa shape index (κ2) is 8.70. The average Bonchev–Trinajstić information content (AvgIpc) is 2.42. The quantitative estimate of drug-likeness (QED) is 0.588. The van der Waals surface area contributed by atoms with E-state index >= 15 is 0 Å². The number of hydrogen-bond acceptors (Lipinski definition) is 2. The van der Waals surface area contributed by atoms with Gasteiger partial charge in [0.2, 0.25) is 0 Å². The summed E-state index contributed by atoms with van der Waals surface area (Å²) in [6.45, 7) is 2.63. The van der Waals surface area contributed by atoms with Crippen LogP contribution in [0.3, 0.4) is 0 Å². The van der Waals surface area contributed by atoms with Crippen molar-refractivity contribution in [3.8, 4) is 0 Å². The number of alkyl halides is 1. The van der Waals surface area contributed by atoms with Crippen molar-refractivity contribution in [3.63, 3.8) is 0 Å². The first-order valence-electron chi connectivity index (χ1n) is 6.56. The van der Waals surface area contributed by atoms with Gasteiger partial charge in [-0.2, -0.15) is 0 Å². The number of hydrogen-bond donors (Lipinski definition) is 1. The van der Waals surface area contributed by atoms with Crippen molar-refractivity contribution in [3.05, 3.63) is 35.4 Å². The van der Waals surface area contributed by atoms with Crippen molar-refractivity contribution in [1.29, 1.82) is 0 Å². The highest BCUT2D eigenvalue weighted by Crippen LogP contribution is 2.04. The molecule has 0 aliphatic carbocycles. The van der Waals surface area contributed by atoms with Crippen LogP contribution in [0.25, 0.3) is 0 Å². The lowest BCUT2D eigenvalue weighted by Gasteiger charge is -2.05. The van der Waals surface area contributed by atoms with Crippen molar-refractivity contribution >= 4 is 23.3 Å². The number of ketones is 1. The molecule has 0 aliphatic rings. The number of carbonyl (C=O) groups excluding carboxylic acids is 2. The van der Waals surface area contributed by atoms with Gasteiger partial charge in [-0.15, -0.1) is 11.6 Å². The Kier molecular flexibility index (Phi) is 7.19. The minimum atomic E-state index is -0.0446. The molecular weight excluding hydrogens is 262 g/mol. The first-order chi connectivity index (χ1) is 9.13. The molecule has 0 atom stereocenters. The van der Waals surface area contributed by atoms with Crippen LogP contribution in [0.2, 0.25) is 0 Å². The lowest BCUT2D eigenvalue weighted by Crippen LogP contribution is -2.24. The summed E-state index contributed by atoms with van der Waals surface area (Å²) in [5, 5.41) is 2.87. The Hall–Kier alpha value is -1.35. The molecule has 0 radical (unpaired) electrons. The van der Waals surface area contributed by atoms with Crippen LogP contribution in [0.5, 0.6) is 0 Å². The van der Waals surface area contributed by atoms with Gasteiger partial charge < -0.3 is 5.32 Å². The topological polar surface area (TPSA) is 46.2 Å². The number of nitrogens with one attached hydrogen (secondary N) is 1. The van der Waals surface area contributed by atoms with Crippen molar-refractivity contribution in [1.82, 2.24) is 5.32 Å². The molecule has 0 saturated heterocycles. The summed E-state index contributed by atoms with van der Waals surface area (Å²) in [5.74, 6) is 0.145. The van der Waals surface area contributed by atoms with E-state index in [0.29, 0.717) is 18.5 Å². The predicted molar refractivity (Wildman–Crippen MR) is 77.7 cm³/mol. The summed E-state index contributed by atoms with van der Waals surface area (Å²) in [4.78, 5) is 22.7. The summed E-state index contributed by atoms with van der Waals surface area (Å²) in [5.41, 5.74) is 1.82. The number of amides is 1. The zero-order valence-corrected chi connectivity index (χ0v) is 12.0. The van der Waals surface area contributed by atoms with E-state index in [1.165, 1.54) is 0 Å². The lowest BCUT2D eigenvalue weighted by molar-refractivity contribution is -0.116. The van der Waals surface area contributed by atoms with Crippen LogP contribution < -0.4 is 5.32 Å². The lowest BCUT2D eigenvalue weighted by atomic mass is 10.1.